The Labute approximate surface area is 164 Å². The number of nitriles is 1. The van der Waals surface area contributed by atoms with E-state index in [0.717, 1.165) is 5.56 Å². The van der Waals surface area contributed by atoms with Gasteiger partial charge in [0.05, 0.1) is 31.4 Å². The number of carbonyl (C=O) groups is 1. The molecule has 0 heterocycles. The molecule has 7 nitrogen and oxygen atoms in total. The molecule has 0 saturated carbocycles. The van der Waals surface area contributed by atoms with Gasteiger partial charge in [-0.25, -0.2) is 4.79 Å². The molecule has 0 spiro atoms. The normalized spacial score (nSPS) is 11.6. The smallest absolute Gasteiger partial charge is 0.337 e. The van der Waals surface area contributed by atoms with Crippen molar-refractivity contribution in [1.29, 1.82) is 5.26 Å². The lowest BCUT2D eigenvalue weighted by molar-refractivity contribution is 0.0599. The molecule has 0 fully saturated rings. The van der Waals surface area contributed by atoms with E-state index in [-0.39, 0.29) is 6.61 Å². The van der Waals surface area contributed by atoms with Gasteiger partial charge in [0.25, 0.3) is 0 Å². The van der Waals surface area contributed by atoms with Crippen LogP contribution in [0.5, 0.6) is 11.5 Å². The van der Waals surface area contributed by atoms with Crippen molar-refractivity contribution < 1.29 is 24.1 Å². The van der Waals surface area contributed by atoms with Gasteiger partial charge in [0.1, 0.15) is 12.7 Å². The highest BCUT2D eigenvalue weighted by molar-refractivity contribution is 5.90. The fourth-order valence-corrected chi connectivity index (χ4v) is 2.69. The lowest BCUT2D eigenvalue weighted by Gasteiger charge is -2.21. The van der Waals surface area contributed by atoms with Crippen LogP contribution in [-0.4, -0.2) is 56.5 Å². The largest absolute Gasteiger partial charge is 0.493 e. The SMILES string of the molecule is COC(=O)c1ccc(OCC(O)CN(C)Cc2ccc(C#N)cc2)c(OC)c1. The van der Waals surface area contributed by atoms with Crippen LogP contribution < -0.4 is 9.47 Å². The number of methoxy groups -OCH3 is 2. The summed E-state index contributed by atoms with van der Waals surface area (Å²) in [4.78, 5) is 13.6. The summed E-state index contributed by atoms with van der Waals surface area (Å²) in [5.74, 6) is 0.360. The van der Waals surface area contributed by atoms with Gasteiger partial charge >= 0.3 is 5.97 Å². The van der Waals surface area contributed by atoms with Gasteiger partial charge < -0.3 is 19.3 Å². The van der Waals surface area contributed by atoms with Crippen molar-refractivity contribution >= 4 is 5.97 Å². The van der Waals surface area contributed by atoms with Gasteiger partial charge in [-0.3, -0.25) is 4.90 Å². The van der Waals surface area contributed by atoms with E-state index < -0.39 is 12.1 Å². The first-order chi connectivity index (χ1) is 13.5. The molecule has 2 aromatic rings. The van der Waals surface area contributed by atoms with Crippen LogP contribution in [0.4, 0.5) is 0 Å². The van der Waals surface area contributed by atoms with E-state index in [9.17, 15) is 9.90 Å². The topological polar surface area (TPSA) is 92.0 Å². The second-order valence-electron chi connectivity index (χ2n) is 6.33. The minimum absolute atomic E-state index is 0.0750. The van der Waals surface area contributed by atoms with Crippen LogP contribution in [0.3, 0.4) is 0 Å². The van der Waals surface area contributed by atoms with Gasteiger partial charge in [0.2, 0.25) is 0 Å². The summed E-state index contributed by atoms with van der Waals surface area (Å²) in [5.41, 5.74) is 2.02. The second kappa shape index (κ2) is 10.3. The third-order valence-corrected chi connectivity index (χ3v) is 4.07. The first-order valence-corrected chi connectivity index (χ1v) is 8.71. The summed E-state index contributed by atoms with van der Waals surface area (Å²) in [6.45, 7) is 1.12. The zero-order valence-corrected chi connectivity index (χ0v) is 16.2. The molecule has 148 valence electrons. The number of ether oxygens (including phenoxy) is 3. The quantitative estimate of drug-likeness (QED) is 0.663. The van der Waals surface area contributed by atoms with Crippen LogP contribution in [0.2, 0.25) is 0 Å². The Bertz CT molecular complexity index is 830. The molecule has 0 amide bonds. The molecule has 0 saturated heterocycles. The zero-order chi connectivity index (χ0) is 20.5. The molecular weight excluding hydrogens is 360 g/mol. The van der Waals surface area contributed by atoms with E-state index in [4.69, 9.17) is 14.7 Å². The fraction of sp³-hybridized carbons (Fsp3) is 0.333. The Morgan fingerprint density at radius 3 is 2.50 bits per heavy atom. The van der Waals surface area contributed by atoms with Crippen LogP contribution in [-0.2, 0) is 11.3 Å². The van der Waals surface area contributed by atoms with Gasteiger partial charge in [0, 0.05) is 13.1 Å². The third kappa shape index (κ3) is 5.98. The number of hydrogen-bond donors (Lipinski definition) is 1. The molecule has 0 aliphatic rings. The van der Waals surface area contributed by atoms with E-state index in [1.807, 2.05) is 24.1 Å². The van der Waals surface area contributed by atoms with Crippen molar-refractivity contribution in [2.24, 2.45) is 0 Å². The minimum atomic E-state index is -0.714. The molecule has 1 atom stereocenters. The standard InChI is InChI=1S/C21H24N2O5/c1-23(12-16-6-4-15(11-22)5-7-16)13-18(24)14-28-19-9-8-17(21(25)27-3)10-20(19)26-2/h4-10,18,24H,12-14H2,1-3H3. The molecule has 2 aromatic carbocycles. The average Bonchev–Trinajstić information content (AvgIpc) is 2.71. The van der Waals surface area contributed by atoms with Crippen LogP contribution in [0.15, 0.2) is 42.5 Å². The summed E-state index contributed by atoms with van der Waals surface area (Å²) in [6, 6.07) is 14.1. The van der Waals surface area contributed by atoms with E-state index in [1.165, 1.54) is 20.3 Å². The first-order valence-electron chi connectivity index (χ1n) is 8.71. The Morgan fingerprint density at radius 2 is 1.89 bits per heavy atom. The van der Waals surface area contributed by atoms with Crippen molar-refractivity contribution in [3.63, 3.8) is 0 Å². The highest BCUT2D eigenvalue weighted by atomic mass is 16.5. The summed E-state index contributed by atoms with van der Waals surface area (Å²) in [6.07, 6.45) is -0.714. The first kappa shape index (κ1) is 21.2. The minimum Gasteiger partial charge on any atom is -0.493 e. The molecule has 0 aliphatic carbocycles. The monoisotopic (exact) mass is 384 g/mol. The maximum Gasteiger partial charge on any atom is 0.337 e. The predicted molar refractivity (Wildman–Crippen MR) is 103 cm³/mol. The molecule has 0 aliphatic heterocycles. The van der Waals surface area contributed by atoms with Crippen molar-refractivity contribution in [3.8, 4) is 17.6 Å². The lowest BCUT2D eigenvalue weighted by atomic mass is 10.1. The Morgan fingerprint density at radius 1 is 1.18 bits per heavy atom. The van der Waals surface area contributed by atoms with Crippen LogP contribution in [0, 0.1) is 11.3 Å². The number of benzene rings is 2. The number of carbonyl (C=O) groups excluding carboxylic acids is 1. The maximum atomic E-state index is 11.6. The highest BCUT2D eigenvalue weighted by Crippen LogP contribution is 2.28. The van der Waals surface area contributed by atoms with Gasteiger partial charge in [0.15, 0.2) is 11.5 Å². The van der Waals surface area contributed by atoms with E-state index in [2.05, 4.69) is 10.8 Å². The summed E-state index contributed by atoms with van der Waals surface area (Å²) in [7, 11) is 4.68. The molecule has 1 unspecified atom stereocenters. The number of aliphatic hydroxyl groups excluding tert-OH is 1. The van der Waals surface area contributed by atoms with Crippen molar-refractivity contribution in [2.45, 2.75) is 12.6 Å². The molecule has 1 N–H and O–H groups in total. The molecule has 2 rings (SSSR count). The van der Waals surface area contributed by atoms with E-state index >= 15 is 0 Å². The van der Waals surface area contributed by atoms with Crippen molar-refractivity contribution in [3.05, 3.63) is 59.2 Å². The van der Waals surface area contributed by atoms with Crippen molar-refractivity contribution in [2.75, 3.05) is 34.4 Å². The second-order valence-corrected chi connectivity index (χ2v) is 6.33. The van der Waals surface area contributed by atoms with Gasteiger partial charge in [-0.05, 0) is 42.9 Å². The Hall–Kier alpha value is -3.08. The molecular formula is C21H24N2O5. The number of nitrogens with zero attached hydrogens (tertiary/aromatic N) is 2. The number of hydrogen-bond acceptors (Lipinski definition) is 7. The predicted octanol–water partition coefficient (Wildman–Crippen LogP) is 2.23. The van der Waals surface area contributed by atoms with E-state index in [1.54, 1.807) is 24.3 Å². The third-order valence-electron chi connectivity index (χ3n) is 4.07. The summed E-state index contributed by atoms with van der Waals surface area (Å²) < 4.78 is 15.6. The summed E-state index contributed by atoms with van der Waals surface area (Å²) in [5, 5.41) is 19.1. The fourth-order valence-electron chi connectivity index (χ4n) is 2.69. The lowest BCUT2D eigenvalue weighted by Crippen LogP contribution is -2.32. The van der Waals surface area contributed by atoms with E-state index in [0.29, 0.717) is 35.7 Å². The molecule has 0 bridgehead atoms. The zero-order valence-electron chi connectivity index (χ0n) is 16.2. The molecule has 0 aromatic heterocycles. The summed E-state index contributed by atoms with van der Waals surface area (Å²) >= 11 is 0. The number of esters is 1. The Kier molecular flexibility index (Phi) is 7.81. The van der Waals surface area contributed by atoms with Crippen LogP contribution in [0.25, 0.3) is 0 Å². The van der Waals surface area contributed by atoms with Crippen LogP contribution >= 0.6 is 0 Å². The van der Waals surface area contributed by atoms with Gasteiger partial charge in [-0.1, -0.05) is 12.1 Å². The van der Waals surface area contributed by atoms with Gasteiger partial charge in [-0.15, -0.1) is 0 Å². The highest BCUT2D eigenvalue weighted by Gasteiger charge is 2.14. The molecule has 0 radical (unpaired) electrons. The maximum absolute atomic E-state index is 11.6. The number of aliphatic hydroxyl groups is 1. The number of likely N-dealkylation sites (N-methyl/N-ethyl adjacent to an activating group) is 1. The molecule has 7 heteroatoms. The van der Waals surface area contributed by atoms with Gasteiger partial charge in [-0.2, -0.15) is 5.26 Å². The van der Waals surface area contributed by atoms with Crippen molar-refractivity contribution in [1.82, 2.24) is 4.90 Å². The Balaban J connectivity index is 1.88. The molecule has 28 heavy (non-hydrogen) atoms. The van der Waals surface area contributed by atoms with Crippen LogP contribution in [0.1, 0.15) is 21.5 Å². The number of rotatable bonds is 9. The average molecular weight is 384 g/mol.